The highest BCUT2D eigenvalue weighted by Crippen LogP contribution is 2.29. The monoisotopic (exact) mass is 284 g/mol. The lowest BCUT2D eigenvalue weighted by molar-refractivity contribution is 0.0431. The molecule has 3 nitrogen and oxygen atoms in total. The minimum atomic E-state index is 0.0297. The second-order valence-corrected chi connectivity index (χ2v) is 6.11. The maximum atomic E-state index is 6.34. The second kappa shape index (κ2) is 6.27. The molecule has 1 aromatic heterocycles. The lowest BCUT2D eigenvalue weighted by Gasteiger charge is -2.14. The summed E-state index contributed by atoms with van der Waals surface area (Å²) in [7, 11) is 0. The fourth-order valence-electron chi connectivity index (χ4n) is 3.02. The number of rotatable bonds is 5. The van der Waals surface area contributed by atoms with Gasteiger partial charge in [-0.1, -0.05) is 13.8 Å². The van der Waals surface area contributed by atoms with Crippen LogP contribution < -0.4 is 0 Å². The van der Waals surface area contributed by atoms with Crippen LogP contribution in [-0.4, -0.2) is 22.0 Å². The third kappa shape index (κ3) is 3.14. The molecule has 0 bridgehead atoms. The third-order valence-corrected chi connectivity index (χ3v) is 4.16. The summed E-state index contributed by atoms with van der Waals surface area (Å²) >= 11 is 6.34. The molecule has 2 rings (SSSR count). The molecule has 0 aliphatic carbocycles. The third-order valence-electron chi connectivity index (χ3n) is 3.94. The molecule has 1 saturated heterocycles. The first kappa shape index (κ1) is 14.9. The number of aromatic nitrogens is 2. The van der Waals surface area contributed by atoms with E-state index in [9.17, 15) is 0 Å². The number of hydrogen-bond donors (Lipinski definition) is 0. The molecular weight excluding hydrogens is 260 g/mol. The van der Waals surface area contributed by atoms with Gasteiger partial charge < -0.3 is 4.74 Å². The van der Waals surface area contributed by atoms with Crippen LogP contribution in [0, 0.1) is 0 Å². The molecule has 0 aromatic carbocycles. The molecule has 0 saturated carbocycles. The van der Waals surface area contributed by atoms with Gasteiger partial charge in [0.1, 0.15) is 0 Å². The molecule has 1 aliphatic heterocycles. The molecule has 0 N–H and O–H groups in total. The minimum Gasteiger partial charge on any atom is -0.373 e. The van der Waals surface area contributed by atoms with E-state index in [2.05, 4.69) is 25.5 Å². The maximum Gasteiger partial charge on any atom is 0.0775 e. The molecule has 2 heterocycles. The van der Waals surface area contributed by atoms with Gasteiger partial charge in [0.2, 0.25) is 0 Å². The van der Waals surface area contributed by atoms with Crippen LogP contribution in [-0.2, 0) is 24.1 Å². The summed E-state index contributed by atoms with van der Waals surface area (Å²) < 4.78 is 8.05. The van der Waals surface area contributed by atoms with E-state index in [0.717, 1.165) is 37.9 Å². The van der Waals surface area contributed by atoms with E-state index in [-0.39, 0.29) is 5.38 Å². The van der Waals surface area contributed by atoms with E-state index in [0.29, 0.717) is 12.2 Å². The lowest BCUT2D eigenvalue weighted by atomic mass is 10.1. The summed E-state index contributed by atoms with van der Waals surface area (Å²) in [5.74, 6) is 0. The van der Waals surface area contributed by atoms with Crippen molar-refractivity contribution >= 4 is 11.6 Å². The van der Waals surface area contributed by atoms with Gasteiger partial charge in [0.15, 0.2) is 0 Å². The van der Waals surface area contributed by atoms with Crippen LogP contribution in [0.2, 0.25) is 0 Å². The van der Waals surface area contributed by atoms with Gasteiger partial charge in [-0.2, -0.15) is 5.10 Å². The molecule has 0 amide bonds. The Morgan fingerprint density at radius 1 is 1.37 bits per heavy atom. The number of nitrogens with zero attached hydrogens (tertiary/aromatic N) is 2. The van der Waals surface area contributed by atoms with Crippen LogP contribution in [0.3, 0.4) is 0 Å². The molecule has 3 atom stereocenters. The standard InChI is InChI=1S/C15H25ClN2O/c1-5-13-15(11(4)16)14(6-2)18(17-13)9-12-8-7-10(3)19-12/h10-12H,5-9H2,1-4H3. The summed E-state index contributed by atoms with van der Waals surface area (Å²) in [5.41, 5.74) is 3.66. The Kier molecular flexibility index (Phi) is 4.91. The SMILES string of the molecule is CCc1nn(CC2CCC(C)O2)c(CC)c1C(C)Cl. The van der Waals surface area contributed by atoms with Gasteiger partial charge in [-0.05, 0) is 39.5 Å². The molecule has 0 spiro atoms. The Balaban J connectivity index is 2.24. The summed E-state index contributed by atoms with van der Waals surface area (Å²) in [6, 6.07) is 0. The van der Waals surface area contributed by atoms with E-state index >= 15 is 0 Å². The highest BCUT2D eigenvalue weighted by molar-refractivity contribution is 6.20. The summed E-state index contributed by atoms with van der Waals surface area (Å²) in [4.78, 5) is 0. The van der Waals surface area contributed by atoms with Crippen molar-refractivity contribution in [2.45, 2.75) is 77.5 Å². The Bertz CT molecular complexity index is 428. The predicted molar refractivity (Wildman–Crippen MR) is 78.8 cm³/mol. The van der Waals surface area contributed by atoms with Gasteiger partial charge >= 0.3 is 0 Å². The van der Waals surface area contributed by atoms with Crippen molar-refractivity contribution in [1.29, 1.82) is 0 Å². The highest BCUT2D eigenvalue weighted by Gasteiger charge is 2.25. The van der Waals surface area contributed by atoms with Crippen LogP contribution in [0.5, 0.6) is 0 Å². The smallest absolute Gasteiger partial charge is 0.0775 e. The van der Waals surface area contributed by atoms with Crippen molar-refractivity contribution in [3.8, 4) is 0 Å². The molecule has 19 heavy (non-hydrogen) atoms. The van der Waals surface area contributed by atoms with Gasteiger partial charge in [-0.25, -0.2) is 0 Å². The van der Waals surface area contributed by atoms with E-state index in [1.165, 1.54) is 11.3 Å². The van der Waals surface area contributed by atoms with Crippen LogP contribution >= 0.6 is 11.6 Å². The average molecular weight is 285 g/mol. The van der Waals surface area contributed by atoms with Gasteiger partial charge in [0.05, 0.1) is 29.8 Å². The minimum absolute atomic E-state index is 0.0297. The molecule has 0 radical (unpaired) electrons. The average Bonchev–Trinajstić information content (AvgIpc) is 2.93. The topological polar surface area (TPSA) is 27.1 Å². The van der Waals surface area contributed by atoms with Gasteiger partial charge in [-0.15, -0.1) is 11.6 Å². The number of alkyl halides is 1. The van der Waals surface area contributed by atoms with Gasteiger partial charge in [-0.3, -0.25) is 4.68 Å². The van der Waals surface area contributed by atoms with Crippen LogP contribution in [0.4, 0.5) is 0 Å². The molecular formula is C15H25ClN2O. The fraction of sp³-hybridized carbons (Fsp3) is 0.800. The Morgan fingerprint density at radius 3 is 2.58 bits per heavy atom. The zero-order valence-corrected chi connectivity index (χ0v) is 13.2. The van der Waals surface area contributed by atoms with Crippen molar-refractivity contribution in [3.63, 3.8) is 0 Å². The first-order valence-electron chi connectivity index (χ1n) is 7.44. The normalized spacial score (nSPS) is 24.9. The van der Waals surface area contributed by atoms with Crippen molar-refractivity contribution in [2.24, 2.45) is 0 Å². The zero-order chi connectivity index (χ0) is 14.0. The fourth-order valence-corrected chi connectivity index (χ4v) is 3.27. The predicted octanol–water partition coefficient (Wildman–Crippen LogP) is 3.88. The maximum absolute atomic E-state index is 6.34. The second-order valence-electron chi connectivity index (χ2n) is 5.46. The highest BCUT2D eigenvalue weighted by atomic mass is 35.5. The summed E-state index contributed by atoms with van der Waals surface area (Å²) in [6.45, 7) is 9.37. The van der Waals surface area contributed by atoms with E-state index in [1.807, 2.05) is 6.92 Å². The van der Waals surface area contributed by atoms with Crippen LogP contribution in [0.15, 0.2) is 0 Å². The van der Waals surface area contributed by atoms with E-state index in [4.69, 9.17) is 21.4 Å². The molecule has 4 heteroatoms. The number of aryl methyl sites for hydroxylation is 1. The zero-order valence-electron chi connectivity index (χ0n) is 12.4. The molecule has 1 aliphatic rings. The molecule has 1 aromatic rings. The van der Waals surface area contributed by atoms with Crippen molar-refractivity contribution < 1.29 is 4.74 Å². The summed E-state index contributed by atoms with van der Waals surface area (Å²) in [5, 5.41) is 4.79. The molecule has 108 valence electrons. The van der Waals surface area contributed by atoms with Gasteiger partial charge in [0.25, 0.3) is 0 Å². The van der Waals surface area contributed by atoms with Crippen LogP contribution in [0.1, 0.15) is 62.9 Å². The first-order chi connectivity index (χ1) is 9.06. The van der Waals surface area contributed by atoms with Crippen molar-refractivity contribution in [3.05, 3.63) is 17.0 Å². The molecule has 3 unspecified atom stereocenters. The Hall–Kier alpha value is -0.540. The number of hydrogen-bond acceptors (Lipinski definition) is 2. The number of halogens is 1. The molecule has 1 fully saturated rings. The quantitative estimate of drug-likeness (QED) is 0.768. The Labute approximate surface area is 121 Å². The van der Waals surface area contributed by atoms with Crippen LogP contribution in [0.25, 0.3) is 0 Å². The van der Waals surface area contributed by atoms with E-state index < -0.39 is 0 Å². The number of ether oxygens (including phenoxy) is 1. The first-order valence-corrected chi connectivity index (χ1v) is 7.88. The van der Waals surface area contributed by atoms with Crippen molar-refractivity contribution in [1.82, 2.24) is 9.78 Å². The Morgan fingerprint density at radius 2 is 2.11 bits per heavy atom. The van der Waals surface area contributed by atoms with E-state index in [1.54, 1.807) is 0 Å². The van der Waals surface area contributed by atoms with Gasteiger partial charge in [0, 0.05) is 11.3 Å². The summed E-state index contributed by atoms with van der Waals surface area (Å²) in [6.07, 6.45) is 4.91. The van der Waals surface area contributed by atoms with Crippen molar-refractivity contribution in [2.75, 3.05) is 0 Å². The largest absolute Gasteiger partial charge is 0.373 e. The lowest BCUT2D eigenvalue weighted by Crippen LogP contribution is -2.19.